The molecule has 4 unspecified atom stereocenters. The second-order valence-electron chi connectivity index (χ2n) is 7.53. The molecule has 3 aliphatic heterocycles. The summed E-state index contributed by atoms with van der Waals surface area (Å²) in [5.74, 6) is -0.283. The zero-order valence-corrected chi connectivity index (χ0v) is 14.3. The van der Waals surface area contributed by atoms with Gasteiger partial charge in [0, 0.05) is 24.8 Å². The maximum Gasteiger partial charge on any atom is 0.310 e. The number of aliphatic hydroxyl groups excluding tert-OH is 1. The van der Waals surface area contributed by atoms with Gasteiger partial charge in [-0.1, -0.05) is 29.8 Å². The number of ether oxygens (including phenoxy) is 1. The second-order valence-corrected chi connectivity index (χ2v) is 7.53. The third-order valence-electron chi connectivity index (χ3n) is 6.71. The number of methoxy groups -OCH3 is 1. The van der Waals surface area contributed by atoms with Crippen LogP contribution in [0.5, 0.6) is 0 Å². The molecular weight excluding hydrogens is 316 g/mol. The van der Waals surface area contributed by atoms with Gasteiger partial charge in [0.05, 0.1) is 30.7 Å². The van der Waals surface area contributed by atoms with Crippen molar-refractivity contribution in [3.63, 3.8) is 0 Å². The van der Waals surface area contributed by atoms with Gasteiger partial charge < -0.3 is 9.84 Å². The first-order chi connectivity index (χ1) is 12.2. The maximum absolute atomic E-state index is 13.0. The number of piperidine rings is 2. The lowest BCUT2D eigenvalue weighted by Gasteiger charge is -2.59. The summed E-state index contributed by atoms with van der Waals surface area (Å²) in [5.41, 5.74) is 4.18. The van der Waals surface area contributed by atoms with E-state index in [1.165, 1.54) is 18.2 Å². The van der Waals surface area contributed by atoms with Crippen LogP contribution in [0.4, 0.5) is 5.69 Å². The van der Waals surface area contributed by atoms with Crippen molar-refractivity contribution in [2.45, 2.75) is 24.3 Å². The molecule has 25 heavy (non-hydrogen) atoms. The first-order valence-corrected chi connectivity index (χ1v) is 9.01. The van der Waals surface area contributed by atoms with Gasteiger partial charge in [0.1, 0.15) is 0 Å². The lowest BCUT2D eigenvalue weighted by Crippen LogP contribution is -2.68. The summed E-state index contributed by atoms with van der Waals surface area (Å²) in [5, 5.41) is 9.48. The van der Waals surface area contributed by atoms with Crippen molar-refractivity contribution in [2.75, 3.05) is 26.8 Å². The molecule has 0 aromatic heterocycles. The minimum atomic E-state index is -0.345. The Kier molecular flexibility index (Phi) is 3.21. The molecule has 0 amide bonds. The van der Waals surface area contributed by atoms with Gasteiger partial charge in [0.2, 0.25) is 0 Å². The van der Waals surface area contributed by atoms with E-state index in [2.05, 4.69) is 17.0 Å². The summed E-state index contributed by atoms with van der Waals surface area (Å²) in [4.78, 5) is 20.4. The lowest BCUT2D eigenvalue weighted by atomic mass is 9.51. The van der Waals surface area contributed by atoms with Crippen LogP contribution in [0.3, 0.4) is 0 Å². The van der Waals surface area contributed by atoms with E-state index in [-0.39, 0.29) is 29.8 Å². The Morgan fingerprint density at radius 1 is 1.48 bits per heavy atom. The normalized spacial score (nSPS) is 36.8. The highest BCUT2D eigenvalue weighted by Gasteiger charge is 2.65. The van der Waals surface area contributed by atoms with Crippen LogP contribution in [-0.2, 0) is 14.9 Å². The Balaban J connectivity index is 1.76. The van der Waals surface area contributed by atoms with Gasteiger partial charge in [-0.2, -0.15) is 0 Å². The summed E-state index contributed by atoms with van der Waals surface area (Å²) in [7, 11) is 1.48. The van der Waals surface area contributed by atoms with Gasteiger partial charge in [0.15, 0.2) is 0 Å². The molecule has 130 valence electrons. The Bertz CT molecular complexity index is 815. The molecule has 4 atom stereocenters. The summed E-state index contributed by atoms with van der Waals surface area (Å²) in [6, 6.07) is 8.54. The Morgan fingerprint density at radius 2 is 2.32 bits per heavy atom. The Hall–Kier alpha value is -1.98. The first kappa shape index (κ1) is 15.3. The van der Waals surface area contributed by atoms with E-state index >= 15 is 0 Å². The molecule has 1 saturated carbocycles. The average Bonchev–Trinajstić information content (AvgIpc) is 2.98. The number of rotatable bonds is 2. The molecule has 5 nitrogen and oxygen atoms in total. The molecule has 1 N–H and O–H groups in total. The number of hydrogen-bond donors (Lipinski definition) is 1. The molecule has 1 aliphatic carbocycles. The van der Waals surface area contributed by atoms with Crippen LogP contribution in [0.15, 0.2) is 40.9 Å². The average molecular weight is 338 g/mol. The maximum atomic E-state index is 13.0. The fourth-order valence-corrected chi connectivity index (χ4v) is 5.79. The summed E-state index contributed by atoms with van der Waals surface area (Å²) >= 11 is 0. The highest BCUT2D eigenvalue weighted by atomic mass is 16.5. The summed E-state index contributed by atoms with van der Waals surface area (Å²) in [6.45, 7) is 1.78. The molecule has 5 heteroatoms. The monoisotopic (exact) mass is 338 g/mol. The predicted octanol–water partition coefficient (Wildman–Crippen LogP) is 1.83. The lowest BCUT2D eigenvalue weighted by molar-refractivity contribution is -0.151. The van der Waals surface area contributed by atoms with E-state index in [0.717, 1.165) is 37.3 Å². The summed E-state index contributed by atoms with van der Waals surface area (Å²) in [6.07, 6.45) is 3.69. The van der Waals surface area contributed by atoms with E-state index in [1.54, 1.807) is 0 Å². The van der Waals surface area contributed by atoms with Crippen molar-refractivity contribution in [3.05, 3.63) is 41.5 Å². The van der Waals surface area contributed by atoms with E-state index in [9.17, 15) is 9.90 Å². The molecule has 0 radical (unpaired) electrons. The number of esters is 1. The SMILES string of the molecule is COC(=O)C1C2CC3C4=Nc5ccccc5C41CCN3C/C2=C\CO. The molecule has 2 saturated heterocycles. The van der Waals surface area contributed by atoms with Crippen LogP contribution in [-0.4, -0.2) is 54.5 Å². The molecule has 4 aliphatic rings. The van der Waals surface area contributed by atoms with Crippen molar-refractivity contribution in [1.82, 2.24) is 4.90 Å². The molecule has 1 aromatic rings. The van der Waals surface area contributed by atoms with Crippen molar-refractivity contribution < 1.29 is 14.6 Å². The van der Waals surface area contributed by atoms with Crippen LogP contribution in [0.25, 0.3) is 0 Å². The third-order valence-corrected chi connectivity index (χ3v) is 6.71. The molecule has 5 rings (SSSR count). The molecule has 3 bridgehead atoms. The number of aliphatic imine (C=N–C) groups is 1. The standard InChI is InChI=1S/C20H22N2O3/c1-25-19(24)17-13-10-16-18-20(17,14-4-2-3-5-15(14)21-18)7-8-22(16)11-12(13)6-9-23/h2-6,13,16-17,23H,7-11H2,1H3/b12-6+. The highest BCUT2D eigenvalue weighted by molar-refractivity contribution is 6.09. The smallest absolute Gasteiger partial charge is 0.310 e. The van der Waals surface area contributed by atoms with Crippen LogP contribution in [0, 0.1) is 11.8 Å². The van der Waals surface area contributed by atoms with Crippen molar-refractivity contribution in [1.29, 1.82) is 0 Å². The van der Waals surface area contributed by atoms with Crippen molar-refractivity contribution >= 4 is 17.4 Å². The van der Waals surface area contributed by atoms with Gasteiger partial charge in [-0.05, 0) is 30.4 Å². The zero-order valence-electron chi connectivity index (χ0n) is 14.3. The molecule has 0 spiro atoms. The van der Waals surface area contributed by atoms with Crippen LogP contribution in [0.2, 0.25) is 0 Å². The van der Waals surface area contributed by atoms with E-state index in [4.69, 9.17) is 9.73 Å². The fraction of sp³-hybridized carbons (Fsp3) is 0.500. The first-order valence-electron chi connectivity index (χ1n) is 9.01. The number of para-hydroxylation sites is 1. The van der Waals surface area contributed by atoms with E-state index < -0.39 is 0 Å². The van der Waals surface area contributed by atoms with Crippen LogP contribution in [0.1, 0.15) is 18.4 Å². The Morgan fingerprint density at radius 3 is 3.12 bits per heavy atom. The number of hydrogen-bond acceptors (Lipinski definition) is 5. The third kappa shape index (κ3) is 1.80. The van der Waals surface area contributed by atoms with Crippen LogP contribution < -0.4 is 0 Å². The van der Waals surface area contributed by atoms with Crippen LogP contribution >= 0.6 is 0 Å². The van der Waals surface area contributed by atoms with Gasteiger partial charge in [-0.25, -0.2) is 0 Å². The minimum Gasteiger partial charge on any atom is -0.469 e. The highest BCUT2D eigenvalue weighted by Crippen LogP contribution is 2.60. The van der Waals surface area contributed by atoms with Gasteiger partial charge in [-0.3, -0.25) is 14.7 Å². The van der Waals surface area contributed by atoms with Crippen molar-refractivity contribution in [2.24, 2.45) is 16.8 Å². The summed E-state index contributed by atoms with van der Waals surface area (Å²) < 4.78 is 5.28. The van der Waals surface area contributed by atoms with Gasteiger partial charge >= 0.3 is 5.97 Å². The molecule has 1 aromatic carbocycles. The number of carbonyl (C=O) groups is 1. The number of aliphatic hydroxyl groups is 1. The van der Waals surface area contributed by atoms with Gasteiger partial charge in [0.25, 0.3) is 0 Å². The van der Waals surface area contributed by atoms with E-state index in [0.29, 0.717) is 6.04 Å². The topological polar surface area (TPSA) is 62.1 Å². The molecule has 3 heterocycles. The van der Waals surface area contributed by atoms with Gasteiger partial charge in [-0.15, -0.1) is 0 Å². The minimum absolute atomic E-state index is 0.0166. The number of fused-ring (bicyclic) bond motifs is 2. The Labute approximate surface area is 147 Å². The number of carbonyl (C=O) groups excluding carboxylic acids is 1. The zero-order chi connectivity index (χ0) is 17.2. The van der Waals surface area contributed by atoms with E-state index in [1.807, 2.05) is 18.2 Å². The number of benzene rings is 1. The molecule has 3 fully saturated rings. The predicted molar refractivity (Wildman–Crippen MR) is 94.0 cm³/mol. The fourth-order valence-electron chi connectivity index (χ4n) is 5.79. The quantitative estimate of drug-likeness (QED) is 0.660. The largest absolute Gasteiger partial charge is 0.469 e. The van der Waals surface area contributed by atoms with Crippen molar-refractivity contribution in [3.8, 4) is 0 Å². The second kappa shape index (κ2) is 5.26. The molecular formula is C20H22N2O3. The number of nitrogens with zero attached hydrogens (tertiary/aromatic N) is 2.